The Morgan fingerprint density at radius 3 is 2.57 bits per heavy atom. The molecule has 3 rings (SSSR count). The first-order valence-electron chi connectivity index (χ1n) is 8.43. The summed E-state index contributed by atoms with van der Waals surface area (Å²) in [7, 11) is 0. The number of fused-ring (bicyclic) bond motifs is 1. The Labute approximate surface area is 137 Å². The highest BCUT2D eigenvalue weighted by molar-refractivity contribution is 6.06. The summed E-state index contributed by atoms with van der Waals surface area (Å²) in [6.07, 6.45) is 1.18. The summed E-state index contributed by atoms with van der Waals surface area (Å²) in [5.74, 6) is 1.38. The maximum atomic E-state index is 13.2. The number of rotatable bonds is 2. The van der Waals surface area contributed by atoms with Gasteiger partial charge in [-0.15, -0.1) is 0 Å². The Morgan fingerprint density at radius 2 is 1.96 bits per heavy atom. The second-order valence-corrected chi connectivity index (χ2v) is 7.35. The van der Waals surface area contributed by atoms with Gasteiger partial charge in [0, 0.05) is 18.8 Å². The number of likely N-dealkylation sites (tertiary alicyclic amines) is 1. The lowest BCUT2D eigenvalue weighted by molar-refractivity contribution is 0.0625. The number of nitrogens with zero attached hydrogens (tertiary/aromatic N) is 3. The van der Waals surface area contributed by atoms with Crippen LogP contribution >= 0.6 is 0 Å². The van der Waals surface area contributed by atoms with Gasteiger partial charge in [-0.25, -0.2) is 4.98 Å². The van der Waals surface area contributed by atoms with E-state index < -0.39 is 0 Å². The molecule has 0 aromatic carbocycles. The van der Waals surface area contributed by atoms with Gasteiger partial charge in [0.15, 0.2) is 0 Å². The topological polar surface area (TPSA) is 59.2 Å². The maximum Gasteiger partial charge on any atom is 0.259 e. The maximum absolute atomic E-state index is 13.2. The molecule has 1 saturated heterocycles. The Bertz CT molecular complexity index is 725. The molecule has 5 nitrogen and oxygen atoms in total. The molecule has 23 heavy (non-hydrogen) atoms. The Balaban J connectivity index is 2.06. The van der Waals surface area contributed by atoms with Crippen LogP contribution in [0.4, 0.5) is 0 Å². The van der Waals surface area contributed by atoms with Crippen molar-refractivity contribution in [3.63, 3.8) is 0 Å². The van der Waals surface area contributed by atoms with E-state index in [1.807, 2.05) is 17.9 Å². The van der Waals surface area contributed by atoms with Crippen LogP contribution in [0, 0.1) is 18.8 Å². The molecular formula is C18H25N3O2. The van der Waals surface area contributed by atoms with Crippen molar-refractivity contribution in [2.24, 2.45) is 11.8 Å². The zero-order valence-corrected chi connectivity index (χ0v) is 14.6. The average Bonchev–Trinajstić information content (AvgIpc) is 2.86. The van der Waals surface area contributed by atoms with E-state index in [2.05, 4.69) is 37.8 Å². The van der Waals surface area contributed by atoms with E-state index in [-0.39, 0.29) is 11.8 Å². The van der Waals surface area contributed by atoms with Gasteiger partial charge in [0.25, 0.3) is 11.6 Å². The molecule has 3 heterocycles. The predicted octanol–water partition coefficient (Wildman–Crippen LogP) is 3.77. The second kappa shape index (κ2) is 5.95. The SMILES string of the molecule is Cc1noc2nc(C(C)C)cc(C(=O)N3CC(C)CC(C)C3)c12. The van der Waals surface area contributed by atoms with Crippen LogP contribution in [0.3, 0.4) is 0 Å². The predicted molar refractivity (Wildman–Crippen MR) is 89.5 cm³/mol. The van der Waals surface area contributed by atoms with E-state index in [1.165, 1.54) is 6.42 Å². The molecule has 0 N–H and O–H groups in total. The van der Waals surface area contributed by atoms with Crippen molar-refractivity contribution < 1.29 is 9.32 Å². The molecule has 1 amide bonds. The molecule has 2 aromatic heterocycles. The van der Waals surface area contributed by atoms with Gasteiger partial charge in [-0.1, -0.05) is 32.9 Å². The largest absolute Gasteiger partial charge is 0.338 e. The van der Waals surface area contributed by atoms with Gasteiger partial charge >= 0.3 is 0 Å². The summed E-state index contributed by atoms with van der Waals surface area (Å²) in [5.41, 5.74) is 2.74. The standard InChI is InChI=1S/C18H25N3O2/c1-10(2)15-7-14(16-13(5)20-23-17(16)19-15)18(22)21-8-11(3)6-12(4)9-21/h7,10-12H,6,8-9H2,1-5H3. The molecule has 124 valence electrons. The average molecular weight is 315 g/mol. The van der Waals surface area contributed by atoms with Crippen LogP contribution < -0.4 is 0 Å². The van der Waals surface area contributed by atoms with Crippen molar-refractivity contribution in [2.45, 2.75) is 47.0 Å². The number of piperidine rings is 1. The fraction of sp³-hybridized carbons (Fsp3) is 0.611. The quantitative estimate of drug-likeness (QED) is 0.846. The minimum Gasteiger partial charge on any atom is -0.338 e. The van der Waals surface area contributed by atoms with Crippen LogP contribution in [0.15, 0.2) is 10.6 Å². The smallest absolute Gasteiger partial charge is 0.259 e. The number of aromatic nitrogens is 2. The molecule has 2 atom stereocenters. The number of carbonyl (C=O) groups is 1. The van der Waals surface area contributed by atoms with Crippen molar-refractivity contribution >= 4 is 17.0 Å². The number of hydrogen-bond donors (Lipinski definition) is 0. The number of carbonyl (C=O) groups excluding carboxylic acids is 1. The number of amides is 1. The first kappa shape index (κ1) is 16.0. The number of hydrogen-bond acceptors (Lipinski definition) is 4. The fourth-order valence-corrected chi connectivity index (χ4v) is 3.58. The van der Waals surface area contributed by atoms with Crippen molar-refractivity contribution in [3.8, 4) is 0 Å². The van der Waals surface area contributed by atoms with E-state index in [1.54, 1.807) is 0 Å². The third-order valence-electron chi connectivity index (χ3n) is 4.61. The summed E-state index contributed by atoms with van der Waals surface area (Å²) in [4.78, 5) is 19.6. The third-order valence-corrected chi connectivity index (χ3v) is 4.61. The molecule has 1 fully saturated rings. The van der Waals surface area contributed by atoms with Gasteiger partial charge in [0.1, 0.15) is 0 Å². The fourth-order valence-electron chi connectivity index (χ4n) is 3.58. The zero-order valence-electron chi connectivity index (χ0n) is 14.6. The van der Waals surface area contributed by atoms with Crippen molar-refractivity contribution in [2.75, 3.05) is 13.1 Å². The van der Waals surface area contributed by atoms with Crippen LogP contribution in [0.2, 0.25) is 0 Å². The lowest BCUT2D eigenvalue weighted by Crippen LogP contribution is -2.42. The highest BCUT2D eigenvalue weighted by atomic mass is 16.5. The van der Waals surface area contributed by atoms with Gasteiger partial charge in [0.2, 0.25) is 0 Å². The van der Waals surface area contributed by atoms with Crippen LogP contribution in [0.25, 0.3) is 11.1 Å². The molecule has 0 aliphatic carbocycles. The zero-order chi connectivity index (χ0) is 16.7. The van der Waals surface area contributed by atoms with E-state index in [4.69, 9.17) is 4.52 Å². The minimum atomic E-state index is 0.0731. The molecule has 0 bridgehead atoms. The molecule has 5 heteroatoms. The summed E-state index contributed by atoms with van der Waals surface area (Å²) in [6, 6.07) is 1.92. The molecular weight excluding hydrogens is 290 g/mol. The first-order valence-corrected chi connectivity index (χ1v) is 8.43. The van der Waals surface area contributed by atoms with Gasteiger partial charge in [0.05, 0.1) is 16.6 Å². The van der Waals surface area contributed by atoms with Gasteiger partial charge in [-0.2, -0.15) is 0 Å². The Kier molecular flexibility index (Phi) is 4.13. The summed E-state index contributed by atoms with van der Waals surface area (Å²) < 4.78 is 5.33. The molecule has 2 unspecified atom stereocenters. The third kappa shape index (κ3) is 2.96. The molecule has 1 aliphatic rings. The second-order valence-electron chi connectivity index (χ2n) is 7.35. The monoisotopic (exact) mass is 315 g/mol. The summed E-state index contributed by atoms with van der Waals surface area (Å²) >= 11 is 0. The van der Waals surface area contributed by atoms with Crippen molar-refractivity contribution in [1.82, 2.24) is 15.0 Å². The Hall–Kier alpha value is -1.91. The van der Waals surface area contributed by atoms with E-state index >= 15 is 0 Å². The van der Waals surface area contributed by atoms with Crippen LogP contribution in [-0.4, -0.2) is 34.0 Å². The normalized spacial score (nSPS) is 22.1. The van der Waals surface area contributed by atoms with Crippen LogP contribution in [-0.2, 0) is 0 Å². The van der Waals surface area contributed by atoms with Gasteiger partial charge < -0.3 is 9.42 Å². The highest BCUT2D eigenvalue weighted by Gasteiger charge is 2.29. The highest BCUT2D eigenvalue weighted by Crippen LogP contribution is 2.28. The van der Waals surface area contributed by atoms with Crippen molar-refractivity contribution in [3.05, 3.63) is 23.0 Å². The van der Waals surface area contributed by atoms with Gasteiger partial charge in [-0.05, 0) is 37.2 Å². The van der Waals surface area contributed by atoms with Crippen LogP contribution in [0.1, 0.15) is 61.8 Å². The lowest BCUT2D eigenvalue weighted by Gasteiger charge is -2.35. The molecule has 0 saturated carbocycles. The van der Waals surface area contributed by atoms with E-state index in [0.717, 1.165) is 29.9 Å². The van der Waals surface area contributed by atoms with Crippen molar-refractivity contribution in [1.29, 1.82) is 0 Å². The summed E-state index contributed by atoms with van der Waals surface area (Å²) in [5, 5.41) is 4.76. The lowest BCUT2D eigenvalue weighted by atomic mass is 9.91. The minimum absolute atomic E-state index is 0.0731. The first-order chi connectivity index (χ1) is 10.9. The number of aryl methyl sites for hydroxylation is 1. The summed E-state index contributed by atoms with van der Waals surface area (Å²) in [6.45, 7) is 12.0. The van der Waals surface area contributed by atoms with E-state index in [9.17, 15) is 4.79 Å². The number of pyridine rings is 1. The van der Waals surface area contributed by atoms with Crippen LogP contribution in [0.5, 0.6) is 0 Å². The molecule has 0 spiro atoms. The van der Waals surface area contributed by atoms with E-state index in [0.29, 0.717) is 23.1 Å². The molecule has 0 radical (unpaired) electrons. The molecule has 2 aromatic rings. The van der Waals surface area contributed by atoms with Gasteiger partial charge in [-0.3, -0.25) is 4.79 Å². The molecule has 1 aliphatic heterocycles. The Morgan fingerprint density at radius 1 is 1.30 bits per heavy atom.